The summed E-state index contributed by atoms with van der Waals surface area (Å²) in [6.45, 7) is 8.37. The normalized spacial score (nSPS) is 34.0. The molecule has 5 nitrogen and oxygen atoms in total. The first-order chi connectivity index (χ1) is 13.7. The van der Waals surface area contributed by atoms with Crippen molar-refractivity contribution >= 4 is 11.6 Å². The van der Waals surface area contributed by atoms with Gasteiger partial charge in [-0.2, -0.15) is 0 Å². The topological polar surface area (TPSA) is 41.6 Å². The molecular weight excluding hydrogens is 350 g/mol. The second-order valence-corrected chi connectivity index (χ2v) is 9.23. The third kappa shape index (κ3) is 2.90. The van der Waals surface area contributed by atoms with Gasteiger partial charge in [-0.25, -0.2) is 0 Å². The first-order valence-corrected chi connectivity index (χ1v) is 11.3. The highest BCUT2D eigenvalue weighted by atomic mass is 16.5. The van der Waals surface area contributed by atoms with Crippen LogP contribution in [0, 0.1) is 0 Å². The van der Waals surface area contributed by atoms with E-state index in [1.165, 1.54) is 37.1 Å². The van der Waals surface area contributed by atoms with Gasteiger partial charge in [0.2, 0.25) is 0 Å². The molecule has 0 spiro atoms. The van der Waals surface area contributed by atoms with E-state index >= 15 is 0 Å². The zero-order chi connectivity index (χ0) is 19.1. The highest BCUT2D eigenvalue weighted by Gasteiger charge is 2.48. The van der Waals surface area contributed by atoms with Crippen LogP contribution in [-0.4, -0.2) is 68.3 Å². The van der Waals surface area contributed by atoms with Crippen molar-refractivity contribution in [1.29, 1.82) is 0 Å². The van der Waals surface area contributed by atoms with E-state index in [2.05, 4.69) is 35.3 Å². The predicted molar refractivity (Wildman–Crippen MR) is 112 cm³/mol. The third-order valence-electron chi connectivity index (χ3n) is 7.94. The Balaban J connectivity index is 1.45. The van der Waals surface area contributed by atoms with E-state index in [1.807, 2.05) is 0 Å². The summed E-state index contributed by atoms with van der Waals surface area (Å²) in [5.41, 5.74) is 3.66. The van der Waals surface area contributed by atoms with Crippen LogP contribution in [0.15, 0.2) is 18.2 Å². The minimum Gasteiger partial charge on any atom is -0.381 e. The molecule has 152 valence electrons. The Bertz CT molecular complexity index is 739. The summed E-state index contributed by atoms with van der Waals surface area (Å²) < 4.78 is 6.62. The van der Waals surface area contributed by atoms with Gasteiger partial charge in [0.1, 0.15) is 11.7 Å². The summed E-state index contributed by atoms with van der Waals surface area (Å²) in [5.74, 6) is 0.239. The van der Waals surface area contributed by atoms with Crippen molar-refractivity contribution in [3.63, 3.8) is 0 Å². The molecule has 3 fully saturated rings. The number of carbonyl (C=O) groups is 1. The fourth-order valence-electron chi connectivity index (χ4n) is 6.37. The van der Waals surface area contributed by atoms with Crippen LogP contribution in [-0.2, 0) is 11.2 Å². The predicted octanol–water partition coefficient (Wildman–Crippen LogP) is 2.72. The maximum Gasteiger partial charge on any atom is 0.254 e. The Morgan fingerprint density at radius 1 is 1.18 bits per heavy atom. The molecule has 4 aliphatic heterocycles. The third-order valence-corrected chi connectivity index (χ3v) is 7.94. The number of quaternary nitrogens is 1. The molecule has 0 aromatic heterocycles. The van der Waals surface area contributed by atoms with Crippen molar-refractivity contribution in [2.24, 2.45) is 0 Å². The summed E-state index contributed by atoms with van der Waals surface area (Å²) >= 11 is 0. The van der Waals surface area contributed by atoms with Gasteiger partial charge in [0, 0.05) is 69.8 Å². The molecule has 1 aromatic rings. The number of rotatable bonds is 3. The van der Waals surface area contributed by atoms with Gasteiger partial charge in [-0.05, 0) is 43.9 Å². The number of likely N-dealkylation sites (tertiary alicyclic amines) is 1. The number of fused-ring (bicyclic) bond motifs is 1. The van der Waals surface area contributed by atoms with E-state index in [0.29, 0.717) is 18.1 Å². The lowest BCUT2D eigenvalue weighted by atomic mass is 9.94. The molecule has 28 heavy (non-hydrogen) atoms. The van der Waals surface area contributed by atoms with Crippen molar-refractivity contribution in [1.82, 2.24) is 14.7 Å². The molecule has 3 saturated heterocycles. The number of benzene rings is 1. The number of ether oxygens (including phenoxy) is 1. The minimum atomic E-state index is 0.239. The van der Waals surface area contributed by atoms with Crippen molar-refractivity contribution in [2.45, 2.75) is 63.6 Å². The lowest BCUT2D eigenvalue weighted by molar-refractivity contribution is 0.0276. The van der Waals surface area contributed by atoms with E-state index < -0.39 is 0 Å². The van der Waals surface area contributed by atoms with Gasteiger partial charge in [-0.3, -0.25) is 9.28 Å². The van der Waals surface area contributed by atoms with Crippen molar-refractivity contribution in [3.05, 3.63) is 29.3 Å². The van der Waals surface area contributed by atoms with Crippen LogP contribution in [0.3, 0.4) is 0 Å². The van der Waals surface area contributed by atoms with E-state index in [1.54, 1.807) is 0 Å². The highest BCUT2D eigenvalue weighted by molar-refractivity contribution is 5.97. The maximum absolute atomic E-state index is 13.2. The van der Waals surface area contributed by atoms with Gasteiger partial charge in [0.25, 0.3) is 5.91 Å². The first kappa shape index (κ1) is 18.6. The molecule has 1 unspecified atom stereocenters. The minimum absolute atomic E-state index is 0.239. The molecule has 5 heteroatoms. The van der Waals surface area contributed by atoms with Crippen LogP contribution in [0.25, 0.3) is 0 Å². The summed E-state index contributed by atoms with van der Waals surface area (Å²) in [7, 11) is 0. The number of nitrogens with one attached hydrogen (secondary N) is 1. The van der Waals surface area contributed by atoms with E-state index in [4.69, 9.17) is 4.74 Å². The Morgan fingerprint density at radius 3 is 2.75 bits per heavy atom. The van der Waals surface area contributed by atoms with Gasteiger partial charge < -0.3 is 15.0 Å². The monoisotopic (exact) mass is 384 g/mol. The molecule has 4 aliphatic rings. The lowest BCUT2D eigenvalue weighted by Gasteiger charge is -2.44. The zero-order valence-electron chi connectivity index (χ0n) is 17.2. The smallest absolute Gasteiger partial charge is 0.254 e. The van der Waals surface area contributed by atoms with E-state index in [0.717, 1.165) is 62.2 Å². The summed E-state index contributed by atoms with van der Waals surface area (Å²) in [5, 5.41) is 3.59. The largest absolute Gasteiger partial charge is 0.381 e. The Hall–Kier alpha value is -1.43. The molecule has 0 saturated carbocycles. The molecule has 0 bridgehead atoms. The van der Waals surface area contributed by atoms with Gasteiger partial charge in [-0.15, -0.1) is 0 Å². The number of carbonyl (C=O) groups excluding carboxylic acids is 1. The molecule has 0 aliphatic carbocycles. The Morgan fingerprint density at radius 2 is 2.04 bits per heavy atom. The fourth-order valence-corrected chi connectivity index (χ4v) is 6.37. The molecule has 1 amide bonds. The molecule has 1 aromatic carbocycles. The van der Waals surface area contributed by atoms with Crippen molar-refractivity contribution in [3.8, 4) is 0 Å². The van der Waals surface area contributed by atoms with Crippen LogP contribution in [0.1, 0.15) is 54.9 Å². The molecule has 5 rings (SSSR count). The first-order valence-electron chi connectivity index (χ1n) is 11.3. The number of nitrogens with zero attached hydrogens (tertiary/aromatic N) is 2. The average molecular weight is 385 g/mol. The average Bonchev–Trinajstić information content (AvgIpc) is 3.39. The van der Waals surface area contributed by atoms with E-state index in [9.17, 15) is 4.79 Å². The summed E-state index contributed by atoms with van der Waals surface area (Å²) in [6.07, 6.45) is 6.83. The van der Waals surface area contributed by atoms with Crippen LogP contribution in [0.5, 0.6) is 0 Å². The van der Waals surface area contributed by atoms with Crippen molar-refractivity contribution in [2.75, 3.05) is 39.4 Å². The standard InChI is InChI=1S/C23H34N3O2/c1-17-3-2-12-26(17,21-6-10-24-16-21)20-4-5-22-18(15-20)7-11-25(23(22)27)19-8-13-28-14-9-19/h4-5,15,17,19,21,24H,2-3,6-14,16H2,1H3/q+1/t17-,21-,26?/m0/s1. The SMILES string of the molecule is C[C@H]1CCC[N+]1(c1ccc2c(c1)CCN(C1CCOCC1)C2=O)[C@H]1CCNC1. The highest BCUT2D eigenvalue weighted by Crippen LogP contribution is 2.40. The molecule has 1 N–H and O–H groups in total. The second kappa shape index (κ2) is 7.43. The van der Waals surface area contributed by atoms with Crippen molar-refractivity contribution < 1.29 is 9.53 Å². The van der Waals surface area contributed by atoms with Crippen LogP contribution < -0.4 is 9.80 Å². The second-order valence-electron chi connectivity index (χ2n) is 9.23. The molecule has 3 atom stereocenters. The summed E-state index contributed by atoms with van der Waals surface area (Å²) in [6, 6.07) is 8.52. The lowest BCUT2D eigenvalue weighted by Crippen LogP contribution is -2.60. The fraction of sp³-hybridized carbons (Fsp3) is 0.696. The quantitative estimate of drug-likeness (QED) is 0.815. The molecule has 0 radical (unpaired) electrons. The van der Waals surface area contributed by atoms with Gasteiger partial charge in [0.15, 0.2) is 0 Å². The van der Waals surface area contributed by atoms with Crippen LogP contribution >= 0.6 is 0 Å². The maximum atomic E-state index is 13.2. The summed E-state index contributed by atoms with van der Waals surface area (Å²) in [4.78, 5) is 15.3. The number of hydrogen-bond acceptors (Lipinski definition) is 3. The van der Waals surface area contributed by atoms with Gasteiger partial charge in [0.05, 0.1) is 12.6 Å². The molecular formula is C23H34N3O2+. The van der Waals surface area contributed by atoms with Crippen LogP contribution in [0.4, 0.5) is 5.69 Å². The number of amides is 1. The van der Waals surface area contributed by atoms with Gasteiger partial charge in [-0.1, -0.05) is 0 Å². The Labute approximate surface area is 168 Å². The van der Waals surface area contributed by atoms with E-state index in [-0.39, 0.29) is 5.91 Å². The zero-order valence-corrected chi connectivity index (χ0v) is 17.2. The van der Waals surface area contributed by atoms with Gasteiger partial charge >= 0.3 is 0 Å². The Kier molecular flexibility index (Phi) is 4.93. The molecule has 4 heterocycles. The number of hydrogen-bond donors (Lipinski definition) is 1. The van der Waals surface area contributed by atoms with Crippen LogP contribution in [0.2, 0.25) is 0 Å².